The van der Waals surface area contributed by atoms with Crippen LogP contribution in [0.1, 0.15) is 13.3 Å². The molecule has 1 atom stereocenters. The normalized spacial score (nSPS) is 12.6. The number of hydrogen-bond donors (Lipinski definition) is 3. The highest BCUT2D eigenvalue weighted by Gasteiger charge is 2.09. The van der Waals surface area contributed by atoms with Gasteiger partial charge < -0.3 is 10.7 Å². The van der Waals surface area contributed by atoms with E-state index in [9.17, 15) is 4.79 Å². The molecule has 0 spiro atoms. The number of carbonyl (C=O) groups is 1. The van der Waals surface area contributed by atoms with E-state index in [0.29, 0.717) is 18.9 Å². The van der Waals surface area contributed by atoms with E-state index in [2.05, 4.69) is 15.3 Å². The van der Waals surface area contributed by atoms with Crippen molar-refractivity contribution in [1.82, 2.24) is 9.97 Å². The van der Waals surface area contributed by atoms with Crippen molar-refractivity contribution in [3.8, 4) is 0 Å². The van der Waals surface area contributed by atoms with Crippen molar-refractivity contribution in [2.75, 3.05) is 11.9 Å². The highest BCUT2D eigenvalue weighted by molar-refractivity contribution is 5.91. The number of hydrogen-bond acceptors (Lipinski definition) is 3. The zero-order valence-electron chi connectivity index (χ0n) is 9.73. The zero-order chi connectivity index (χ0) is 12.3. The van der Waals surface area contributed by atoms with Crippen molar-refractivity contribution in [2.24, 2.45) is 11.7 Å². The van der Waals surface area contributed by atoms with Gasteiger partial charge in [0, 0.05) is 6.42 Å². The Morgan fingerprint density at radius 2 is 2.29 bits per heavy atom. The number of anilines is 1. The van der Waals surface area contributed by atoms with Crippen LogP contribution >= 0.6 is 0 Å². The van der Waals surface area contributed by atoms with E-state index in [4.69, 9.17) is 5.73 Å². The Morgan fingerprint density at radius 1 is 1.53 bits per heavy atom. The summed E-state index contributed by atoms with van der Waals surface area (Å²) in [5.74, 6) is 0.599. The summed E-state index contributed by atoms with van der Waals surface area (Å²) in [5.41, 5.74) is 7.23. The lowest BCUT2D eigenvalue weighted by molar-refractivity contribution is -0.116. The number of para-hydroxylation sites is 2. The molecule has 0 fully saturated rings. The Morgan fingerprint density at radius 3 is 3.00 bits per heavy atom. The second kappa shape index (κ2) is 4.97. The van der Waals surface area contributed by atoms with Gasteiger partial charge in [-0.15, -0.1) is 0 Å². The highest BCUT2D eigenvalue weighted by Crippen LogP contribution is 2.13. The second-order valence-electron chi connectivity index (χ2n) is 4.20. The first-order valence-electron chi connectivity index (χ1n) is 5.63. The predicted octanol–water partition coefficient (Wildman–Crippen LogP) is 1.49. The van der Waals surface area contributed by atoms with Gasteiger partial charge in [0.1, 0.15) is 0 Å². The average molecular weight is 232 g/mol. The molecule has 0 radical (unpaired) electrons. The number of nitrogens with zero attached hydrogens (tertiary/aromatic N) is 1. The van der Waals surface area contributed by atoms with Crippen molar-refractivity contribution in [3.63, 3.8) is 0 Å². The minimum Gasteiger partial charge on any atom is -0.330 e. The van der Waals surface area contributed by atoms with Gasteiger partial charge >= 0.3 is 0 Å². The van der Waals surface area contributed by atoms with Crippen LogP contribution in [0.4, 0.5) is 5.95 Å². The average Bonchev–Trinajstić information content (AvgIpc) is 2.70. The summed E-state index contributed by atoms with van der Waals surface area (Å²) in [5, 5.41) is 2.74. The van der Waals surface area contributed by atoms with Crippen LogP contribution in [0.15, 0.2) is 24.3 Å². The van der Waals surface area contributed by atoms with Gasteiger partial charge in [0.25, 0.3) is 0 Å². The number of aromatic nitrogens is 2. The Balaban J connectivity index is 2.05. The predicted molar refractivity (Wildman–Crippen MR) is 67.6 cm³/mol. The topological polar surface area (TPSA) is 83.8 Å². The van der Waals surface area contributed by atoms with Gasteiger partial charge in [0.05, 0.1) is 11.0 Å². The molecule has 1 aromatic carbocycles. The zero-order valence-corrected chi connectivity index (χ0v) is 9.73. The Kier molecular flexibility index (Phi) is 3.39. The maximum atomic E-state index is 11.6. The van der Waals surface area contributed by atoms with Gasteiger partial charge in [0.15, 0.2) is 0 Å². The molecule has 17 heavy (non-hydrogen) atoms. The molecular weight excluding hydrogens is 216 g/mol. The quantitative estimate of drug-likeness (QED) is 0.746. The van der Waals surface area contributed by atoms with Crippen LogP contribution in [0.3, 0.4) is 0 Å². The van der Waals surface area contributed by atoms with E-state index in [1.54, 1.807) is 0 Å². The van der Waals surface area contributed by atoms with Crippen molar-refractivity contribution in [3.05, 3.63) is 24.3 Å². The molecule has 1 unspecified atom stereocenters. The molecule has 2 rings (SSSR count). The number of imidazole rings is 1. The highest BCUT2D eigenvalue weighted by atomic mass is 16.1. The Labute approximate surface area is 99.4 Å². The minimum absolute atomic E-state index is 0.0676. The molecule has 0 aliphatic rings. The summed E-state index contributed by atoms with van der Waals surface area (Å²) >= 11 is 0. The van der Waals surface area contributed by atoms with Crippen LogP contribution in [0.25, 0.3) is 11.0 Å². The summed E-state index contributed by atoms with van der Waals surface area (Å²) in [4.78, 5) is 18.9. The number of aromatic amines is 1. The molecule has 0 aliphatic heterocycles. The summed E-state index contributed by atoms with van der Waals surface area (Å²) < 4.78 is 0. The Bertz CT molecular complexity index is 487. The van der Waals surface area contributed by atoms with Crippen LogP contribution in [-0.2, 0) is 4.79 Å². The van der Waals surface area contributed by atoms with Crippen LogP contribution < -0.4 is 11.1 Å². The monoisotopic (exact) mass is 232 g/mol. The standard InChI is InChI=1S/C12H16N4O/c1-8(7-13)6-11(17)16-12-14-9-4-2-3-5-10(9)15-12/h2-5,8H,6-7,13H2,1H3,(H2,14,15,16,17). The van der Waals surface area contributed by atoms with Crippen LogP contribution in [0, 0.1) is 5.92 Å². The fraction of sp³-hybridized carbons (Fsp3) is 0.333. The molecule has 5 heteroatoms. The third-order valence-corrected chi connectivity index (χ3v) is 2.58. The molecule has 1 heterocycles. The van der Waals surface area contributed by atoms with Gasteiger partial charge in [-0.3, -0.25) is 10.1 Å². The third-order valence-electron chi connectivity index (χ3n) is 2.58. The van der Waals surface area contributed by atoms with E-state index >= 15 is 0 Å². The number of nitrogens with one attached hydrogen (secondary N) is 2. The smallest absolute Gasteiger partial charge is 0.226 e. The number of rotatable bonds is 4. The number of benzene rings is 1. The van der Waals surface area contributed by atoms with Crippen molar-refractivity contribution in [2.45, 2.75) is 13.3 Å². The fourth-order valence-electron chi connectivity index (χ4n) is 1.59. The van der Waals surface area contributed by atoms with E-state index in [0.717, 1.165) is 11.0 Å². The van der Waals surface area contributed by atoms with Crippen molar-refractivity contribution >= 4 is 22.9 Å². The molecule has 0 aliphatic carbocycles. The Hall–Kier alpha value is -1.88. The van der Waals surface area contributed by atoms with Gasteiger partial charge in [-0.05, 0) is 24.6 Å². The number of carbonyl (C=O) groups excluding carboxylic acids is 1. The molecule has 1 aromatic heterocycles. The summed E-state index contributed by atoms with van der Waals surface area (Å²) in [6, 6.07) is 7.64. The first-order valence-corrected chi connectivity index (χ1v) is 5.63. The van der Waals surface area contributed by atoms with Crippen molar-refractivity contribution < 1.29 is 4.79 Å². The molecule has 0 bridgehead atoms. The maximum absolute atomic E-state index is 11.6. The summed E-state index contributed by atoms with van der Waals surface area (Å²) in [6.45, 7) is 2.45. The van der Waals surface area contributed by atoms with E-state index < -0.39 is 0 Å². The van der Waals surface area contributed by atoms with E-state index in [1.165, 1.54) is 0 Å². The molecule has 0 saturated heterocycles. The van der Waals surface area contributed by atoms with Gasteiger partial charge in [-0.25, -0.2) is 4.98 Å². The van der Waals surface area contributed by atoms with Crippen LogP contribution in [-0.4, -0.2) is 22.4 Å². The fourth-order valence-corrected chi connectivity index (χ4v) is 1.59. The first kappa shape index (κ1) is 11.6. The number of fused-ring (bicyclic) bond motifs is 1. The maximum Gasteiger partial charge on any atom is 0.226 e. The van der Waals surface area contributed by atoms with Gasteiger partial charge in [0.2, 0.25) is 11.9 Å². The lowest BCUT2D eigenvalue weighted by atomic mass is 10.1. The summed E-state index contributed by atoms with van der Waals surface area (Å²) in [7, 11) is 0. The molecule has 4 N–H and O–H groups in total. The van der Waals surface area contributed by atoms with Gasteiger partial charge in [-0.1, -0.05) is 19.1 Å². The minimum atomic E-state index is -0.0676. The molecule has 5 nitrogen and oxygen atoms in total. The second-order valence-corrected chi connectivity index (χ2v) is 4.20. The lowest BCUT2D eigenvalue weighted by Gasteiger charge is -2.06. The summed E-state index contributed by atoms with van der Waals surface area (Å²) in [6.07, 6.45) is 0.410. The third kappa shape index (κ3) is 2.82. The molecule has 90 valence electrons. The van der Waals surface area contributed by atoms with Gasteiger partial charge in [-0.2, -0.15) is 0 Å². The van der Waals surface area contributed by atoms with Crippen LogP contribution in [0.5, 0.6) is 0 Å². The number of nitrogens with two attached hydrogens (primary N) is 1. The molecule has 0 saturated carbocycles. The van der Waals surface area contributed by atoms with Crippen LogP contribution in [0.2, 0.25) is 0 Å². The lowest BCUT2D eigenvalue weighted by Crippen LogP contribution is -2.20. The number of amides is 1. The van der Waals surface area contributed by atoms with E-state index in [1.807, 2.05) is 31.2 Å². The SMILES string of the molecule is CC(CN)CC(=O)Nc1nc2ccccc2[nH]1. The first-order chi connectivity index (χ1) is 8.19. The van der Waals surface area contributed by atoms with Crippen molar-refractivity contribution in [1.29, 1.82) is 0 Å². The van der Waals surface area contributed by atoms with E-state index in [-0.39, 0.29) is 11.8 Å². The molecule has 2 aromatic rings. The molecular formula is C12H16N4O. The molecule has 1 amide bonds. The largest absolute Gasteiger partial charge is 0.330 e. The number of H-pyrrole nitrogens is 1.